The second-order valence-electron chi connectivity index (χ2n) is 4.13. The SMILES string of the molecule is O=C(Nc1cncc(Cl)n1)C1Cc2ccccc2O1. The molecule has 1 unspecified atom stereocenters. The number of carbonyl (C=O) groups is 1. The standard InChI is InChI=1S/C13H10ClN3O2/c14-11-6-15-7-12(16-11)17-13(18)10-5-8-3-1-2-4-9(8)19-10/h1-4,6-7,10H,5H2,(H,16,17,18). The van der Waals surface area contributed by atoms with E-state index in [9.17, 15) is 4.79 Å². The number of carbonyl (C=O) groups excluding carboxylic acids is 1. The number of amides is 1. The highest BCUT2D eigenvalue weighted by atomic mass is 35.5. The van der Waals surface area contributed by atoms with E-state index in [-0.39, 0.29) is 11.1 Å². The average Bonchev–Trinajstić information content (AvgIpc) is 2.82. The van der Waals surface area contributed by atoms with Crippen molar-refractivity contribution in [3.63, 3.8) is 0 Å². The Morgan fingerprint density at radius 2 is 2.21 bits per heavy atom. The smallest absolute Gasteiger partial charge is 0.266 e. The number of hydrogen-bond donors (Lipinski definition) is 1. The lowest BCUT2D eigenvalue weighted by Gasteiger charge is -2.10. The van der Waals surface area contributed by atoms with Crippen LogP contribution >= 0.6 is 11.6 Å². The summed E-state index contributed by atoms with van der Waals surface area (Å²) >= 11 is 5.70. The highest BCUT2D eigenvalue weighted by Crippen LogP contribution is 2.28. The van der Waals surface area contributed by atoms with E-state index in [1.165, 1.54) is 12.4 Å². The van der Waals surface area contributed by atoms with E-state index < -0.39 is 6.10 Å². The molecule has 19 heavy (non-hydrogen) atoms. The Bertz CT molecular complexity index is 608. The molecule has 1 aliphatic heterocycles. The largest absolute Gasteiger partial charge is 0.480 e. The van der Waals surface area contributed by atoms with Crippen LogP contribution < -0.4 is 10.1 Å². The normalized spacial score (nSPS) is 16.6. The number of fused-ring (bicyclic) bond motifs is 1. The van der Waals surface area contributed by atoms with Crippen LogP contribution in [0.4, 0.5) is 5.82 Å². The van der Waals surface area contributed by atoms with E-state index >= 15 is 0 Å². The van der Waals surface area contributed by atoms with Gasteiger partial charge in [0.15, 0.2) is 11.9 Å². The Labute approximate surface area is 114 Å². The molecule has 1 amide bonds. The number of benzene rings is 1. The van der Waals surface area contributed by atoms with Gasteiger partial charge in [0.1, 0.15) is 10.9 Å². The van der Waals surface area contributed by atoms with Crippen molar-refractivity contribution in [2.45, 2.75) is 12.5 Å². The fraction of sp³-hybridized carbons (Fsp3) is 0.154. The summed E-state index contributed by atoms with van der Waals surface area (Å²) < 4.78 is 5.58. The number of aromatic nitrogens is 2. The van der Waals surface area contributed by atoms with Gasteiger partial charge in [-0.2, -0.15) is 0 Å². The molecular weight excluding hydrogens is 266 g/mol. The lowest BCUT2D eigenvalue weighted by molar-refractivity contribution is -0.122. The molecule has 0 aliphatic carbocycles. The Hall–Kier alpha value is -2.14. The number of rotatable bonds is 2. The molecule has 5 nitrogen and oxygen atoms in total. The molecule has 3 rings (SSSR count). The van der Waals surface area contributed by atoms with Crippen LogP contribution in [0.2, 0.25) is 5.15 Å². The van der Waals surface area contributed by atoms with Crippen LogP contribution in [-0.4, -0.2) is 22.0 Å². The van der Waals surface area contributed by atoms with Gasteiger partial charge in [-0.3, -0.25) is 9.78 Å². The van der Waals surface area contributed by atoms with E-state index in [4.69, 9.17) is 16.3 Å². The maximum Gasteiger partial charge on any atom is 0.266 e. The molecule has 1 aromatic carbocycles. The van der Waals surface area contributed by atoms with Crippen molar-refractivity contribution in [3.8, 4) is 5.75 Å². The molecule has 1 aromatic heterocycles. The van der Waals surface area contributed by atoms with Gasteiger partial charge in [0.2, 0.25) is 0 Å². The predicted octanol–water partition coefficient (Wildman–Crippen LogP) is 2.07. The van der Waals surface area contributed by atoms with Crippen molar-refractivity contribution in [3.05, 3.63) is 47.4 Å². The minimum absolute atomic E-state index is 0.230. The summed E-state index contributed by atoms with van der Waals surface area (Å²) in [6.07, 6.45) is 2.85. The third kappa shape index (κ3) is 2.51. The number of nitrogens with one attached hydrogen (secondary N) is 1. The first-order valence-corrected chi connectivity index (χ1v) is 6.13. The molecule has 1 aliphatic rings. The maximum atomic E-state index is 12.0. The van der Waals surface area contributed by atoms with Gasteiger partial charge < -0.3 is 10.1 Å². The highest BCUT2D eigenvalue weighted by Gasteiger charge is 2.28. The van der Waals surface area contributed by atoms with Crippen molar-refractivity contribution in [2.75, 3.05) is 5.32 Å². The summed E-state index contributed by atoms with van der Waals surface area (Å²) in [5.74, 6) is 0.810. The predicted molar refractivity (Wildman–Crippen MR) is 70.2 cm³/mol. The molecule has 0 radical (unpaired) electrons. The zero-order valence-electron chi connectivity index (χ0n) is 9.84. The van der Waals surface area contributed by atoms with Crippen LogP contribution in [0.3, 0.4) is 0 Å². The first-order chi connectivity index (χ1) is 9.22. The minimum Gasteiger partial charge on any atom is -0.480 e. The summed E-state index contributed by atoms with van der Waals surface area (Å²) in [4.78, 5) is 19.9. The fourth-order valence-corrected chi connectivity index (χ4v) is 2.08. The lowest BCUT2D eigenvalue weighted by Crippen LogP contribution is -2.31. The summed E-state index contributed by atoms with van der Waals surface area (Å²) in [5, 5.41) is 2.87. The van der Waals surface area contributed by atoms with Gasteiger partial charge in [-0.1, -0.05) is 29.8 Å². The zero-order valence-corrected chi connectivity index (χ0v) is 10.6. The van der Waals surface area contributed by atoms with Gasteiger partial charge in [0.05, 0.1) is 12.4 Å². The molecule has 0 fully saturated rings. The third-order valence-corrected chi connectivity index (χ3v) is 2.98. The van der Waals surface area contributed by atoms with Gasteiger partial charge in [-0.25, -0.2) is 4.98 Å². The van der Waals surface area contributed by atoms with Crippen LogP contribution in [-0.2, 0) is 11.2 Å². The number of halogens is 1. The first-order valence-electron chi connectivity index (χ1n) is 5.75. The summed E-state index contributed by atoms with van der Waals surface area (Å²) in [6.45, 7) is 0. The molecule has 2 aromatic rings. The van der Waals surface area contributed by atoms with Crippen molar-refractivity contribution in [1.82, 2.24) is 9.97 Å². The Morgan fingerprint density at radius 1 is 1.37 bits per heavy atom. The number of hydrogen-bond acceptors (Lipinski definition) is 4. The van der Waals surface area contributed by atoms with E-state index in [1.807, 2.05) is 24.3 Å². The van der Waals surface area contributed by atoms with Crippen molar-refractivity contribution < 1.29 is 9.53 Å². The van der Waals surface area contributed by atoms with E-state index in [0.717, 1.165) is 11.3 Å². The Balaban J connectivity index is 1.70. The van der Waals surface area contributed by atoms with Crippen LogP contribution in [0.1, 0.15) is 5.56 Å². The third-order valence-electron chi connectivity index (χ3n) is 2.80. The van der Waals surface area contributed by atoms with Gasteiger partial charge in [0.25, 0.3) is 5.91 Å². The van der Waals surface area contributed by atoms with Crippen molar-refractivity contribution in [1.29, 1.82) is 0 Å². The number of anilines is 1. The molecular formula is C13H10ClN3O2. The molecule has 6 heteroatoms. The van der Waals surface area contributed by atoms with Crippen LogP contribution in [0.15, 0.2) is 36.7 Å². The monoisotopic (exact) mass is 275 g/mol. The number of para-hydroxylation sites is 1. The summed E-state index contributed by atoms with van der Waals surface area (Å²) in [6, 6.07) is 7.59. The summed E-state index contributed by atoms with van der Waals surface area (Å²) in [7, 11) is 0. The summed E-state index contributed by atoms with van der Waals surface area (Å²) in [5.41, 5.74) is 1.03. The number of ether oxygens (including phenoxy) is 1. The van der Waals surface area contributed by atoms with Crippen LogP contribution in [0.25, 0.3) is 0 Å². The van der Waals surface area contributed by atoms with Gasteiger partial charge in [-0.05, 0) is 11.6 Å². The van der Waals surface area contributed by atoms with Crippen LogP contribution in [0.5, 0.6) is 5.75 Å². The molecule has 96 valence electrons. The second-order valence-corrected chi connectivity index (χ2v) is 4.52. The van der Waals surface area contributed by atoms with Crippen molar-refractivity contribution >= 4 is 23.3 Å². The van der Waals surface area contributed by atoms with Gasteiger partial charge >= 0.3 is 0 Å². The first kappa shape index (κ1) is 11.9. The molecule has 1 N–H and O–H groups in total. The fourth-order valence-electron chi connectivity index (χ4n) is 1.94. The molecule has 1 atom stereocenters. The quantitative estimate of drug-likeness (QED) is 0.911. The highest BCUT2D eigenvalue weighted by molar-refractivity contribution is 6.29. The zero-order chi connectivity index (χ0) is 13.2. The van der Waals surface area contributed by atoms with Gasteiger partial charge in [0, 0.05) is 6.42 Å². The Morgan fingerprint density at radius 3 is 3.00 bits per heavy atom. The van der Waals surface area contributed by atoms with Gasteiger partial charge in [-0.15, -0.1) is 0 Å². The molecule has 0 saturated heterocycles. The molecule has 2 heterocycles. The lowest BCUT2D eigenvalue weighted by atomic mass is 10.1. The minimum atomic E-state index is -0.543. The Kier molecular flexibility index (Phi) is 3.05. The topological polar surface area (TPSA) is 64.1 Å². The van der Waals surface area contributed by atoms with E-state index in [1.54, 1.807) is 0 Å². The maximum absolute atomic E-state index is 12.0. The van der Waals surface area contributed by atoms with E-state index in [2.05, 4.69) is 15.3 Å². The molecule has 0 saturated carbocycles. The second kappa shape index (κ2) is 4.85. The van der Waals surface area contributed by atoms with E-state index in [0.29, 0.717) is 12.2 Å². The number of nitrogens with zero attached hydrogens (tertiary/aromatic N) is 2. The molecule has 0 spiro atoms. The molecule has 0 bridgehead atoms. The average molecular weight is 276 g/mol. The van der Waals surface area contributed by atoms with Crippen LogP contribution in [0, 0.1) is 0 Å². The van der Waals surface area contributed by atoms with Crippen molar-refractivity contribution in [2.24, 2.45) is 0 Å².